The van der Waals surface area contributed by atoms with Gasteiger partial charge in [0.1, 0.15) is 13.2 Å². The van der Waals surface area contributed by atoms with Crippen molar-refractivity contribution < 1.29 is 28.6 Å². The summed E-state index contributed by atoms with van der Waals surface area (Å²) in [5.74, 6) is -0.958. The largest absolute Gasteiger partial charge is 0.462 e. The highest BCUT2D eigenvalue weighted by molar-refractivity contribution is 5.71. The number of unbranched alkanes of at least 4 members (excludes halogenated alkanes) is 24. The van der Waals surface area contributed by atoms with Crippen LogP contribution >= 0.6 is 0 Å². The number of hydrogen-bond donors (Lipinski definition) is 0. The van der Waals surface area contributed by atoms with E-state index in [9.17, 15) is 14.4 Å². The van der Waals surface area contributed by atoms with Gasteiger partial charge in [0.15, 0.2) is 6.10 Å². The minimum atomic E-state index is -0.798. The third-order valence-electron chi connectivity index (χ3n) is 11.2. The van der Waals surface area contributed by atoms with Crippen molar-refractivity contribution in [3.05, 3.63) is 72.9 Å². The monoisotopic (exact) mass is 879 g/mol. The van der Waals surface area contributed by atoms with E-state index < -0.39 is 6.10 Å². The van der Waals surface area contributed by atoms with Gasteiger partial charge in [0, 0.05) is 19.3 Å². The van der Waals surface area contributed by atoms with Crippen molar-refractivity contribution in [2.75, 3.05) is 13.2 Å². The number of allylic oxidation sites excluding steroid dienone is 12. The molecule has 362 valence electrons. The molecule has 0 bridgehead atoms. The van der Waals surface area contributed by atoms with Crippen LogP contribution < -0.4 is 0 Å². The Morgan fingerprint density at radius 2 is 0.587 bits per heavy atom. The molecule has 0 aliphatic heterocycles. The number of hydrogen-bond acceptors (Lipinski definition) is 6. The molecule has 0 saturated heterocycles. The third-order valence-corrected chi connectivity index (χ3v) is 11.2. The van der Waals surface area contributed by atoms with Crippen LogP contribution in [0.25, 0.3) is 0 Å². The van der Waals surface area contributed by atoms with Crippen molar-refractivity contribution in [2.24, 2.45) is 0 Å². The minimum Gasteiger partial charge on any atom is -0.462 e. The zero-order valence-corrected chi connectivity index (χ0v) is 41.3. The molecule has 0 radical (unpaired) electrons. The SMILES string of the molecule is CCCCC/C=C\C/C=C\C/C=C\C/C=C\CCCC(=O)OC[C@H](COC(=O)CCCCCCCCC/C=C\C/C=C\CCCCC)OC(=O)CCCCCCCCCCCCC. The topological polar surface area (TPSA) is 78.9 Å². The van der Waals surface area contributed by atoms with Gasteiger partial charge in [-0.3, -0.25) is 14.4 Å². The van der Waals surface area contributed by atoms with Gasteiger partial charge in [-0.15, -0.1) is 0 Å². The van der Waals surface area contributed by atoms with Crippen molar-refractivity contribution in [1.82, 2.24) is 0 Å². The van der Waals surface area contributed by atoms with Crippen LogP contribution in [-0.2, 0) is 28.6 Å². The lowest BCUT2D eigenvalue weighted by atomic mass is 10.1. The van der Waals surface area contributed by atoms with Crippen LogP contribution in [0.3, 0.4) is 0 Å². The summed E-state index contributed by atoms with van der Waals surface area (Å²) in [6.07, 6.45) is 64.6. The molecule has 6 heteroatoms. The van der Waals surface area contributed by atoms with E-state index in [0.29, 0.717) is 19.3 Å². The summed E-state index contributed by atoms with van der Waals surface area (Å²) >= 11 is 0. The Bertz CT molecular complexity index is 1190. The van der Waals surface area contributed by atoms with Crippen LogP contribution in [0, 0.1) is 0 Å². The fraction of sp³-hybridized carbons (Fsp3) is 0.737. The molecule has 6 nitrogen and oxygen atoms in total. The number of carbonyl (C=O) groups is 3. The van der Waals surface area contributed by atoms with E-state index in [4.69, 9.17) is 14.2 Å². The molecule has 0 N–H and O–H groups in total. The maximum atomic E-state index is 12.8. The predicted molar refractivity (Wildman–Crippen MR) is 270 cm³/mol. The summed E-state index contributed by atoms with van der Waals surface area (Å²) in [4.78, 5) is 38.0. The second-order valence-electron chi connectivity index (χ2n) is 17.4. The molecular weight excluding hydrogens is 781 g/mol. The molecule has 0 aromatic carbocycles. The van der Waals surface area contributed by atoms with Gasteiger partial charge >= 0.3 is 17.9 Å². The number of carbonyl (C=O) groups excluding carboxylic acids is 3. The zero-order valence-electron chi connectivity index (χ0n) is 41.3. The van der Waals surface area contributed by atoms with Crippen LogP contribution in [0.5, 0.6) is 0 Å². The predicted octanol–water partition coefficient (Wildman–Crippen LogP) is 17.4. The average molecular weight is 879 g/mol. The first kappa shape index (κ1) is 59.9. The van der Waals surface area contributed by atoms with Crippen molar-refractivity contribution in [1.29, 1.82) is 0 Å². The van der Waals surface area contributed by atoms with Crippen LogP contribution in [0.15, 0.2) is 72.9 Å². The fourth-order valence-corrected chi connectivity index (χ4v) is 7.17. The van der Waals surface area contributed by atoms with E-state index in [1.807, 2.05) is 0 Å². The van der Waals surface area contributed by atoms with Crippen molar-refractivity contribution in [3.8, 4) is 0 Å². The highest BCUT2D eigenvalue weighted by Gasteiger charge is 2.19. The molecule has 0 aliphatic carbocycles. The molecule has 0 unspecified atom stereocenters. The maximum absolute atomic E-state index is 12.8. The van der Waals surface area contributed by atoms with Gasteiger partial charge in [-0.05, 0) is 89.9 Å². The van der Waals surface area contributed by atoms with E-state index in [2.05, 4.69) is 93.7 Å². The van der Waals surface area contributed by atoms with Crippen LogP contribution in [-0.4, -0.2) is 37.2 Å². The Morgan fingerprint density at radius 1 is 0.317 bits per heavy atom. The van der Waals surface area contributed by atoms with Crippen LogP contribution in [0.4, 0.5) is 0 Å². The van der Waals surface area contributed by atoms with Gasteiger partial charge in [-0.1, -0.05) is 216 Å². The first-order valence-corrected chi connectivity index (χ1v) is 26.4. The second-order valence-corrected chi connectivity index (χ2v) is 17.4. The van der Waals surface area contributed by atoms with E-state index >= 15 is 0 Å². The van der Waals surface area contributed by atoms with E-state index in [-0.39, 0.29) is 37.5 Å². The van der Waals surface area contributed by atoms with Crippen LogP contribution in [0.1, 0.15) is 252 Å². The molecule has 0 saturated carbocycles. The Hall–Kier alpha value is -3.15. The summed E-state index contributed by atoms with van der Waals surface area (Å²) in [6.45, 7) is 6.53. The first-order chi connectivity index (χ1) is 31.0. The standard InChI is InChI=1S/C57H98O6/c1-4-7-10-13-16-19-22-24-26-28-30-32-35-37-40-43-46-49-55(58)61-52-54(63-57(60)51-48-45-42-39-34-21-18-15-12-9-6-3)53-62-56(59)50-47-44-41-38-36-33-31-29-27-25-23-20-17-14-11-8-5-2/h16-17,19-20,24-27,30,32,37,40,54H,4-15,18,21-23,28-29,31,33-36,38-39,41-53H2,1-3H3/b19-16-,20-17-,26-24-,27-25-,32-30-,40-37-/t54-/m1/s1. The lowest BCUT2D eigenvalue weighted by molar-refractivity contribution is -0.167. The van der Waals surface area contributed by atoms with E-state index in [1.165, 1.54) is 128 Å². The van der Waals surface area contributed by atoms with Gasteiger partial charge in [0.25, 0.3) is 0 Å². The first-order valence-electron chi connectivity index (χ1n) is 26.4. The summed E-state index contributed by atoms with van der Waals surface area (Å²) < 4.78 is 16.7. The van der Waals surface area contributed by atoms with Gasteiger partial charge in [0.2, 0.25) is 0 Å². The summed E-state index contributed by atoms with van der Waals surface area (Å²) in [7, 11) is 0. The van der Waals surface area contributed by atoms with Gasteiger partial charge in [0.05, 0.1) is 0 Å². The number of rotatable bonds is 47. The number of ether oxygens (including phenoxy) is 3. The van der Waals surface area contributed by atoms with Crippen molar-refractivity contribution in [2.45, 2.75) is 258 Å². The summed E-state index contributed by atoms with van der Waals surface area (Å²) in [5.41, 5.74) is 0. The van der Waals surface area contributed by atoms with Crippen molar-refractivity contribution in [3.63, 3.8) is 0 Å². The number of esters is 3. The molecule has 63 heavy (non-hydrogen) atoms. The molecule has 0 aliphatic rings. The molecule has 0 rings (SSSR count). The maximum Gasteiger partial charge on any atom is 0.306 e. The average Bonchev–Trinajstić information content (AvgIpc) is 3.28. The molecule has 0 fully saturated rings. The lowest BCUT2D eigenvalue weighted by Gasteiger charge is -2.18. The Kier molecular flexibility index (Phi) is 48.9. The zero-order chi connectivity index (χ0) is 45.8. The quantitative estimate of drug-likeness (QED) is 0.0262. The summed E-state index contributed by atoms with van der Waals surface area (Å²) in [5, 5.41) is 0. The molecule has 0 aromatic heterocycles. The smallest absolute Gasteiger partial charge is 0.306 e. The molecule has 0 spiro atoms. The Morgan fingerprint density at radius 3 is 0.984 bits per heavy atom. The normalized spacial score (nSPS) is 12.6. The highest BCUT2D eigenvalue weighted by atomic mass is 16.6. The minimum absolute atomic E-state index is 0.0952. The molecular formula is C57H98O6. The van der Waals surface area contributed by atoms with Gasteiger partial charge in [-0.25, -0.2) is 0 Å². The highest BCUT2D eigenvalue weighted by Crippen LogP contribution is 2.14. The third kappa shape index (κ3) is 49.7. The molecule has 1 atom stereocenters. The van der Waals surface area contributed by atoms with E-state index in [1.54, 1.807) is 0 Å². The van der Waals surface area contributed by atoms with E-state index in [0.717, 1.165) is 77.0 Å². The molecule has 0 heterocycles. The van der Waals surface area contributed by atoms with Gasteiger partial charge < -0.3 is 14.2 Å². The van der Waals surface area contributed by atoms with Crippen molar-refractivity contribution >= 4 is 17.9 Å². The van der Waals surface area contributed by atoms with Gasteiger partial charge in [-0.2, -0.15) is 0 Å². The molecule has 0 aromatic rings. The lowest BCUT2D eigenvalue weighted by Crippen LogP contribution is -2.30. The van der Waals surface area contributed by atoms with Crippen LogP contribution in [0.2, 0.25) is 0 Å². The Balaban J connectivity index is 4.44. The second kappa shape index (κ2) is 51.5. The summed E-state index contributed by atoms with van der Waals surface area (Å²) in [6, 6.07) is 0. The Labute approximate surface area is 389 Å². The molecule has 0 amide bonds. The fourth-order valence-electron chi connectivity index (χ4n) is 7.17.